The van der Waals surface area contributed by atoms with Gasteiger partial charge in [-0.1, -0.05) is 6.92 Å². The summed E-state index contributed by atoms with van der Waals surface area (Å²) >= 11 is 6.21. The zero-order chi connectivity index (χ0) is 18.0. The summed E-state index contributed by atoms with van der Waals surface area (Å²) in [6, 6.07) is 0.180. The van der Waals surface area contributed by atoms with Crippen LogP contribution >= 0.6 is 11.6 Å². The van der Waals surface area contributed by atoms with Gasteiger partial charge in [-0.2, -0.15) is 9.97 Å². The lowest BCUT2D eigenvalue weighted by molar-refractivity contribution is 0.00964. The van der Waals surface area contributed by atoms with Crippen LogP contribution in [0.25, 0.3) is 11.2 Å². The van der Waals surface area contributed by atoms with Crippen LogP contribution < -0.4 is 5.32 Å². The summed E-state index contributed by atoms with van der Waals surface area (Å²) in [6.45, 7) is 1.94. The monoisotopic (exact) mass is 377 g/mol. The molecule has 140 valence electrons. The van der Waals surface area contributed by atoms with Crippen LogP contribution in [0.2, 0.25) is 5.28 Å². The van der Waals surface area contributed by atoms with Crippen molar-refractivity contribution in [1.29, 1.82) is 0 Å². The maximum absolute atomic E-state index is 10.4. The van der Waals surface area contributed by atoms with Crippen molar-refractivity contribution in [1.82, 2.24) is 19.5 Å². The van der Waals surface area contributed by atoms with Gasteiger partial charge in [0.05, 0.1) is 18.5 Å². The molecule has 2 aromatic heterocycles. The fourth-order valence-corrected chi connectivity index (χ4v) is 4.59. The number of aromatic nitrogens is 4. The largest absolute Gasteiger partial charge is 0.390 e. The number of aliphatic hydroxyl groups is 2. The molecule has 2 aromatic rings. The van der Waals surface area contributed by atoms with Gasteiger partial charge in [0.1, 0.15) is 6.10 Å². The molecule has 7 nitrogen and oxygen atoms in total. The van der Waals surface area contributed by atoms with Crippen molar-refractivity contribution in [3.63, 3.8) is 0 Å². The molecule has 0 aromatic carbocycles. The predicted octanol–water partition coefficient (Wildman–Crippen LogP) is 2.38. The van der Waals surface area contributed by atoms with Crippen LogP contribution in [-0.2, 0) is 0 Å². The minimum Gasteiger partial charge on any atom is -0.390 e. The molecule has 3 aliphatic carbocycles. The fraction of sp³-hybridized carbons (Fsp3) is 0.722. The van der Waals surface area contributed by atoms with E-state index in [2.05, 4.69) is 20.3 Å². The van der Waals surface area contributed by atoms with Gasteiger partial charge < -0.3 is 20.1 Å². The Bertz CT molecular complexity index is 822. The highest BCUT2D eigenvalue weighted by Gasteiger charge is 2.43. The number of rotatable bonds is 5. The van der Waals surface area contributed by atoms with E-state index in [1.165, 1.54) is 25.7 Å². The molecule has 0 saturated heterocycles. The van der Waals surface area contributed by atoms with Crippen molar-refractivity contribution >= 4 is 28.6 Å². The second-order valence-electron chi connectivity index (χ2n) is 8.27. The van der Waals surface area contributed by atoms with E-state index >= 15 is 0 Å². The van der Waals surface area contributed by atoms with Crippen LogP contribution in [0.5, 0.6) is 0 Å². The molecule has 0 amide bonds. The molecule has 5 rings (SSSR count). The third-order valence-corrected chi connectivity index (χ3v) is 6.42. The molecular formula is C18H24ClN5O2. The first kappa shape index (κ1) is 16.7. The Labute approximate surface area is 156 Å². The molecule has 4 atom stereocenters. The normalized spacial score (nSPS) is 31.9. The summed E-state index contributed by atoms with van der Waals surface area (Å²) in [5, 5.41) is 24.3. The first-order valence-electron chi connectivity index (χ1n) is 9.55. The molecular weight excluding hydrogens is 354 g/mol. The van der Waals surface area contributed by atoms with Gasteiger partial charge in [0, 0.05) is 6.04 Å². The number of hydrogen-bond acceptors (Lipinski definition) is 6. The summed E-state index contributed by atoms with van der Waals surface area (Å²) in [6.07, 6.45) is 5.87. The van der Waals surface area contributed by atoms with Crippen LogP contribution in [0.1, 0.15) is 45.1 Å². The van der Waals surface area contributed by atoms with Crippen molar-refractivity contribution in [3.05, 3.63) is 11.6 Å². The lowest BCUT2D eigenvalue weighted by atomic mass is 10.1. The second-order valence-corrected chi connectivity index (χ2v) is 8.61. The molecule has 2 heterocycles. The molecule has 8 heteroatoms. The van der Waals surface area contributed by atoms with E-state index in [4.69, 9.17) is 11.6 Å². The van der Waals surface area contributed by atoms with Crippen molar-refractivity contribution in [2.24, 2.45) is 17.8 Å². The average molecular weight is 378 g/mol. The Hall–Kier alpha value is -1.44. The Morgan fingerprint density at radius 3 is 2.42 bits per heavy atom. The first-order valence-corrected chi connectivity index (χ1v) is 9.93. The van der Waals surface area contributed by atoms with Gasteiger partial charge in [0.25, 0.3) is 0 Å². The van der Waals surface area contributed by atoms with E-state index < -0.39 is 12.2 Å². The zero-order valence-corrected chi connectivity index (χ0v) is 15.5. The van der Waals surface area contributed by atoms with Crippen molar-refractivity contribution in [3.8, 4) is 0 Å². The predicted molar refractivity (Wildman–Crippen MR) is 98.0 cm³/mol. The fourth-order valence-electron chi connectivity index (χ4n) is 4.42. The van der Waals surface area contributed by atoms with Gasteiger partial charge in [0.2, 0.25) is 5.28 Å². The van der Waals surface area contributed by atoms with Crippen molar-refractivity contribution in [2.45, 2.75) is 63.3 Å². The summed E-state index contributed by atoms with van der Waals surface area (Å²) in [4.78, 5) is 13.3. The molecule has 0 unspecified atom stereocenters. The van der Waals surface area contributed by atoms with Crippen molar-refractivity contribution < 1.29 is 10.2 Å². The number of hydrogen-bond donors (Lipinski definition) is 3. The standard InChI is InChI=1S/C18H24ClN5O2/c1-8-6-11(15(26)14(8)25)24-7-20-13-16(22-18(19)23-17(13)24)21-12(9-2-3-9)10-4-5-10/h7-12,14-15,25-26H,2-6H2,1H3,(H,21,22,23)/t8-,11-,14-,15+/m1/s1. The Balaban J connectivity index is 1.51. The van der Waals surface area contributed by atoms with E-state index in [9.17, 15) is 10.2 Å². The number of halogens is 1. The van der Waals surface area contributed by atoms with Crippen LogP contribution in [0, 0.1) is 17.8 Å². The number of nitrogens with zero attached hydrogens (tertiary/aromatic N) is 4. The van der Waals surface area contributed by atoms with Gasteiger partial charge >= 0.3 is 0 Å². The van der Waals surface area contributed by atoms with E-state index in [1.54, 1.807) is 6.33 Å². The smallest absolute Gasteiger partial charge is 0.226 e. The SMILES string of the molecule is C[C@@H]1C[C@@H](n2cnc3c(NC(C4CC4)C4CC4)nc(Cl)nc32)[C@H](O)[C@@H]1O. The third-order valence-electron chi connectivity index (χ3n) is 6.25. The summed E-state index contributed by atoms with van der Waals surface area (Å²) in [5.74, 6) is 2.15. The Kier molecular flexibility index (Phi) is 3.88. The molecule has 0 radical (unpaired) electrons. The van der Waals surface area contributed by atoms with Gasteiger partial charge in [-0.3, -0.25) is 0 Å². The maximum Gasteiger partial charge on any atom is 0.226 e. The number of fused-ring (bicyclic) bond motifs is 1. The lowest BCUT2D eigenvalue weighted by Crippen LogP contribution is -2.28. The molecule has 3 fully saturated rings. The highest BCUT2D eigenvalue weighted by atomic mass is 35.5. The van der Waals surface area contributed by atoms with Crippen LogP contribution in [0.4, 0.5) is 5.82 Å². The molecule has 0 bridgehead atoms. The highest BCUT2D eigenvalue weighted by molar-refractivity contribution is 6.28. The van der Waals surface area contributed by atoms with E-state index in [-0.39, 0.29) is 17.2 Å². The molecule has 3 saturated carbocycles. The number of nitrogens with one attached hydrogen (secondary N) is 1. The molecule has 0 spiro atoms. The molecule has 26 heavy (non-hydrogen) atoms. The molecule has 3 aliphatic rings. The van der Waals surface area contributed by atoms with E-state index in [0.29, 0.717) is 29.4 Å². The van der Waals surface area contributed by atoms with Gasteiger partial charge in [0.15, 0.2) is 17.0 Å². The van der Waals surface area contributed by atoms with E-state index in [1.807, 2.05) is 11.5 Å². The number of anilines is 1. The van der Waals surface area contributed by atoms with E-state index in [0.717, 1.165) is 11.8 Å². The number of imidazole rings is 1. The average Bonchev–Trinajstić information content (AvgIpc) is 3.53. The minimum absolute atomic E-state index is 0.0245. The van der Waals surface area contributed by atoms with Gasteiger partial charge in [-0.05, 0) is 61.5 Å². The molecule has 3 N–H and O–H groups in total. The highest BCUT2D eigenvalue weighted by Crippen LogP contribution is 2.46. The summed E-state index contributed by atoms with van der Waals surface area (Å²) < 4.78 is 1.84. The Morgan fingerprint density at radius 1 is 1.15 bits per heavy atom. The molecule has 0 aliphatic heterocycles. The summed E-state index contributed by atoms with van der Waals surface area (Å²) in [5.41, 5.74) is 1.30. The third kappa shape index (κ3) is 2.77. The lowest BCUT2D eigenvalue weighted by Gasteiger charge is -2.20. The van der Waals surface area contributed by atoms with Crippen LogP contribution in [0.15, 0.2) is 6.33 Å². The number of aliphatic hydroxyl groups excluding tert-OH is 2. The Morgan fingerprint density at radius 2 is 1.85 bits per heavy atom. The zero-order valence-electron chi connectivity index (χ0n) is 14.7. The topological polar surface area (TPSA) is 96.1 Å². The minimum atomic E-state index is -0.835. The van der Waals surface area contributed by atoms with Gasteiger partial charge in [-0.25, -0.2) is 4.98 Å². The first-order chi connectivity index (χ1) is 12.5. The van der Waals surface area contributed by atoms with Crippen LogP contribution in [0.3, 0.4) is 0 Å². The summed E-state index contributed by atoms with van der Waals surface area (Å²) in [7, 11) is 0. The van der Waals surface area contributed by atoms with Crippen molar-refractivity contribution in [2.75, 3.05) is 5.32 Å². The van der Waals surface area contributed by atoms with Gasteiger partial charge in [-0.15, -0.1) is 0 Å². The van der Waals surface area contributed by atoms with Crippen LogP contribution in [-0.4, -0.2) is 48.0 Å². The quantitative estimate of drug-likeness (QED) is 0.692. The second kappa shape index (κ2) is 6.04. The maximum atomic E-state index is 10.4.